The Kier molecular flexibility index (Phi) is 6.23. The zero-order valence-electron chi connectivity index (χ0n) is 17.1. The molecular weight excluding hydrogens is 435 g/mol. The van der Waals surface area contributed by atoms with Crippen LogP contribution in [0, 0.1) is 13.8 Å². The molecule has 0 unspecified atom stereocenters. The van der Waals surface area contributed by atoms with Crippen LogP contribution in [0.2, 0.25) is 10.0 Å². The Morgan fingerprint density at radius 1 is 0.867 bits per heavy atom. The van der Waals surface area contributed by atoms with E-state index in [9.17, 15) is 0 Å². The minimum atomic E-state index is 0.568. The van der Waals surface area contributed by atoms with E-state index in [1.807, 2.05) is 18.2 Å². The second-order valence-electron chi connectivity index (χ2n) is 7.09. The van der Waals surface area contributed by atoms with E-state index in [0.29, 0.717) is 10.0 Å². The molecule has 0 bridgehead atoms. The highest BCUT2D eigenvalue weighted by atomic mass is 35.5. The van der Waals surface area contributed by atoms with E-state index in [0.717, 1.165) is 40.1 Å². The second kappa shape index (κ2) is 8.88. The number of nitrogens with zero attached hydrogens (tertiary/aromatic N) is 4. The van der Waals surface area contributed by atoms with Crippen LogP contribution >= 0.6 is 35.0 Å². The molecule has 0 radical (unpaired) electrons. The zero-order chi connectivity index (χ0) is 21.3. The molecule has 4 aromatic rings. The molecule has 154 valence electrons. The van der Waals surface area contributed by atoms with Crippen LogP contribution in [-0.2, 0) is 12.3 Å². The van der Waals surface area contributed by atoms with Crippen LogP contribution in [0.3, 0.4) is 0 Å². The van der Waals surface area contributed by atoms with Gasteiger partial charge in [-0.25, -0.2) is 0 Å². The molecule has 0 amide bonds. The van der Waals surface area contributed by atoms with Crippen LogP contribution < -0.4 is 0 Å². The number of thioether (sulfide) groups is 1. The largest absolute Gasteiger partial charge is 0.319 e. The standard InChI is InChI=1S/C23H22Cl2N4S/c1-4-28-22(18-8-10-19(11-9-18)29-15(2)5-6-16(29)3)26-27-23(28)30-14-17-7-12-20(24)21(25)13-17/h5-13H,4,14H2,1-3H3. The number of aryl methyl sites for hydroxylation is 2. The van der Waals surface area contributed by atoms with Gasteiger partial charge in [-0.2, -0.15) is 0 Å². The monoisotopic (exact) mass is 456 g/mol. The summed E-state index contributed by atoms with van der Waals surface area (Å²) in [5.74, 6) is 1.63. The van der Waals surface area contributed by atoms with Crippen LogP contribution in [0.4, 0.5) is 0 Å². The highest BCUT2D eigenvalue weighted by Gasteiger charge is 2.14. The van der Waals surface area contributed by atoms with Crippen molar-refractivity contribution < 1.29 is 0 Å². The Hall–Kier alpha value is -2.21. The van der Waals surface area contributed by atoms with Crippen LogP contribution in [0.25, 0.3) is 17.1 Å². The molecule has 7 heteroatoms. The summed E-state index contributed by atoms with van der Waals surface area (Å²) >= 11 is 13.8. The minimum Gasteiger partial charge on any atom is -0.319 e. The van der Waals surface area contributed by atoms with Crippen molar-refractivity contribution in [3.8, 4) is 17.1 Å². The molecule has 2 aromatic heterocycles. The third-order valence-electron chi connectivity index (χ3n) is 5.04. The van der Waals surface area contributed by atoms with E-state index in [4.69, 9.17) is 23.2 Å². The van der Waals surface area contributed by atoms with Gasteiger partial charge < -0.3 is 9.13 Å². The lowest BCUT2D eigenvalue weighted by atomic mass is 10.2. The van der Waals surface area contributed by atoms with Gasteiger partial charge in [0, 0.05) is 34.9 Å². The molecule has 0 spiro atoms. The average molecular weight is 457 g/mol. The lowest BCUT2D eigenvalue weighted by molar-refractivity contribution is 0.687. The van der Waals surface area contributed by atoms with Gasteiger partial charge in [-0.15, -0.1) is 10.2 Å². The van der Waals surface area contributed by atoms with Gasteiger partial charge in [0.05, 0.1) is 10.0 Å². The third-order valence-corrected chi connectivity index (χ3v) is 6.82. The van der Waals surface area contributed by atoms with Gasteiger partial charge in [0.2, 0.25) is 0 Å². The Labute approximate surface area is 190 Å². The van der Waals surface area contributed by atoms with Gasteiger partial charge in [0.1, 0.15) is 0 Å². The normalized spacial score (nSPS) is 11.2. The average Bonchev–Trinajstić information content (AvgIpc) is 3.31. The van der Waals surface area contributed by atoms with E-state index in [2.05, 4.69) is 76.5 Å². The maximum Gasteiger partial charge on any atom is 0.191 e. The summed E-state index contributed by atoms with van der Waals surface area (Å²) < 4.78 is 4.39. The predicted molar refractivity (Wildman–Crippen MR) is 126 cm³/mol. The summed E-state index contributed by atoms with van der Waals surface area (Å²) in [6, 6.07) is 18.5. The molecule has 0 saturated carbocycles. The summed E-state index contributed by atoms with van der Waals surface area (Å²) in [6.45, 7) is 7.14. The zero-order valence-corrected chi connectivity index (χ0v) is 19.4. The van der Waals surface area contributed by atoms with Crippen LogP contribution in [0.15, 0.2) is 59.8 Å². The molecule has 0 saturated heterocycles. The summed E-state index contributed by atoms with van der Waals surface area (Å²) in [5, 5.41) is 10.9. The molecular formula is C23H22Cl2N4S. The first-order valence-electron chi connectivity index (χ1n) is 9.73. The van der Waals surface area contributed by atoms with Crippen LogP contribution in [0.1, 0.15) is 23.9 Å². The van der Waals surface area contributed by atoms with Crippen LogP contribution in [0.5, 0.6) is 0 Å². The van der Waals surface area contributed by atoms with Gasteiger partial charge in [0.25, 0.3) is 0 Å². The number of hydrogen-bond donors (Lipinski definition) is 0. The van der Waals surface area contributed by atoms with Gasteiger partial charge in [0.15, 0.2) is 11.0 Å². The number of halogens is 2. The van der Waals surface area contributed by atoms with Crippen molar-refractivity contribution in [2.24, 2.45) is 0 Å². The molecule has 0 N–H and O–H groups in total. The summed E-state index contributed by atoms with van der Waals surface area (Å²) in [7, 11) is 0. The molecule has 2 heterocycles. The fourth-order valence-electron chi connectivity index (χ4n) is 3.51. The molecule has 0 aliphatic heterocycles. The van der Waals surface area contributed by atoms with E-state index in [1.165, 1.54) is 11.4 Å². The van der Waals surface area contributed by atoms with Gasteiger partial charge in [-0.3, -0.25) is 0 Å². The fraction of sp³-hybridized carbons (Fsp3) is 0.217. The Morgan fingerprint density at radius 3 is 2.20 bits per heavy atom. The third kappa shape index (κ3) is 4.15. The molecule has 2 aromatic carbocycles. The maximum absolute atomic E-state index is 6.13. The SMILES string of the molecule is CCn1c(SCc2ccc(Cl)c(Cl)c2)nnc1-c1ccc(-n2c(C)ccc2C)cc1. The van der Waals surface area contributed by atoms with Crippen molar-refractivity contribution in [1.29, 1.82) is 0 Å². The van der Waals surface area contributed by atoms with Crippen molar-refractivity contribution in [3.63, 3.8) is 0 Å². The molecule has 0 atom stereocenters. The van der Waals surface area contributed by atoms with E-state index < -0.39 is 0 Å². The lowest BCUT2D eigenvalue weighted by Crippen LogP contribution is -2.01. The molecule has 0 fully saturated rings. The van der Waals surface area contributed by atoms with E-state index in [1.54, 1.807) is 11.8 Å². The van der Waals surface area contributed by atoms with Crippen molar-refractivity contribution in [1.82, 2.24) is 19.3 Å². The fourth-order valence-corrected chi connectivity index (χ4v) is 4.77. The Morgan fingerprint density at radius 2 is 1.57 bits per heavy atom. The highest BCUT2D eigenvalue weighted by molar-refractivity contribution is 7.98. The molecule has 4 rings (SSSR count). The second-order valence-corrected chi connectivity index (χ2v) is 8.84. The van der Waals surface area contributed by atoms with Crippen molar-refractivity contribution in [2.45, 2.75) is 38.2 Å². The minimum absolute atomic E-state index is 0.568. The van der Waals surface area contributed by atoms with Crippen LogP contribution in [-0.4, -0.2) is 19.3 Å². The topological polar surface area (TPSA) is 35.6 Å². The quantitative estimate of drug-likeness (QED) is 0.293. The molecule has 0 aliphatic carbocycles. The van der Waals surface area contributed by atoms with Gasteiger partial charge in [-0.1, -0.05) is 41.0 Å². The first kappa shape index (κ1) is 21.0. The van der Waals surface area contributed by atoms with Crippen molar-refractivity contribution in [3.05, 3.63) is 81.6 Å². The Bertz CT molecular complexity index is 1160. The molecule has 0 aliphatic rings. The van der Waals surface area contributed by atoms with Gasteiger partial charge >= 0.3 is 0 Å². The summed E-state index contributed by atoms with van der Waals surface area (Å²) in [5.41, 5.74) is 5.74. The maximum atomic E-state index is 6.13. The van der Waals surface area contributed by atoms with Crippen molar-refractivity contribution in [2.75, 3.05) is 0 Å². The first-order chi connectivity index (χ1) is 14.5. The highest BCUT2D eigenvalue weighted by Crippen LogP contribution is 2.29. The summed E-state index contributed by atoms with van der Waals surface area (Å²) in [6.07, 6.45) is 0. The Balaban J connectivity index is 1.56. The van der Waals surface area contributed by atoms with E-state index in [-0.39, 0.29) is 0 Å². The lowest BCUT2D eigenvalue weighted by Gasteiger charge is -2.11. The van der Waals surface area contributed by atoms with Gasteiger partial charge in [-0.05, 0) is 74.9 Å². The van der Waals surface area contributed by atoms with E-state index >= 15 is 0 Å². The smallest absolute Gasteiger partial charge is 0.191 e. The number of benzene rings is 2. The van der Waals surface area contributed by atoms with Crippen molar-refractivity contribution >= 4 is 35.0 Å². The number of rotatable bonds is 6. The molecule has 30 heavy (non-hydrogen) atoms. The predicted octanol–water partition coefficient (Wildman–Crippen LogP) is 6.97. The number of aromatic nitrogens is 4. The molecule has 4 nitrogen and oxygen atoms in total. The summed E-state index contributed by atoms with van der Waals surface area (Å²) in [4.78, 5) is 0. The number of hydrogen-bond acceptors (Lipinski definition) is 3. The first-order valence-corrected chi connectivity index (χ1v) is 11.5.